The summed E-state index contributed by atoms with van der Waals surface area (Å²) in [5.41, 5.74) is 2.39. The van der Waals surface area contributed by atoms with Crippen LogP contribution in [0.5, 0.6) is 0 Å². The smallest absolute Gasteiger partial charge is 0.254 e. The van der Waals surface area contributed by atoms with Gasteiger partial charge >= 0.3 is 0 Å². The summed E-state index contributed by atoms with van der Waals surface area (Å²) in [6.07, 6.45) is 4.40. The Bertz CT molecular complexity index is 877. The van der Waals surface area contributed by atoms with Crippen molar-refractivity contribution < 1.29 is 4.79 Å². The van der Waals surface area contributed by atoms with Crippen molar-refractivity contribution in [1.82, 2.24) is 30.1 Å². The lowest BCUT2D eigenvalue weighted by molar-refractivity contribution is 0.0671. The highest BCUT2D eigenvalue weighted by molar-refractivity contribution is 5.95. The van der Waals surface area contributed by atoms with Gasteiger partial charge in [-0.25, -0.2) is 0 Å². The molecule has 1 atom stereocenters. The zero-order valence-electron chi connectivity index (χ0n) is 15.2. The molecule has 1 amide bonds. The van der Waals surface area contributed by atoms with Gasteiger partial charge in [0.2, 0.25) is 0 Å². The Morgan fingerprint density at radius 3 is 2.77 bits per heavy atom. The molecule has 0 fully saturated rings. The normalized spacial score (nSPS) is 12.0. The van der Waals surface area contributed by atoms with E-state index in [0.717, 1.165) is 17.7 Å². The van der Waals surface area contributed by atoms with Crippen LogP contribution < -0.4 is 0 Å². The molecule has 0 aliphatic rings. The summed E-state index contributed by atoms with van der Waals surface area (Å²) in [5, 5.41) is 11.5. The van der Waals surface area contributed by atoms with Gasteiger partial charge in [0.15, 0.2) is 5.82 Å². The van der Waals surface area contributed by atoms with Crippen LogP contribution in [0.3, 0.4) is 0 Å². The Morgan fingerprint density at radius 1 is 1.27 bits per heavy atom. The molecule has 0 N–H and O–H groups in total. The number of carbonyl (C=O) groups is 1. The van der Waals surface area contributed by atoms with E-state index >= 15 is 0 Å². The number of benzene rings is 1. The summed E-state index contributed by atoms with van der Waals surface area (Å²) in [4.78, 5) is 19.2. The first-order valence-electron chi connectivity index (χ1n) is 8.65. The average Bonchev–Trinajstić information content (AvgIpc) is 3.12. The lowest BCUT2D eigenvalue weighted by Gasteiger charge is -2.29. The fraction of sp³-hybridized carbons (Fsp3) is 0.316. The van der Waals surface area contributed by atoms with Crippen molar-refractivity contribution in [3.05, 3.63) is 65.7 Å². The number of tetrazole rings is 1. The number of hydrogen-bond acceptors (Lipinski definition) is 5. The van der Waals surface area contributed by atoms with Crippen molar-refractivity contribution in [3.63, 3.8) is 0 Å². The molecule has 7 heteroatoms. The number of aryl methyl sites for hydroxylation is 1. The molecule has 0 saturated carbocycles. The molecule has 0 aliphatic carbocycles. The fourth-order valence-corrected chi connectivity index (χ4v) is 2.74. The molecule has 3 rings (SSSR count). The van der Waals surface area contributed by atoms with E-state index in [-0.39, 0.29) is 11.9 Å². The maximum atomic E-state index is 13.2. The zero-order chi connectivity index (χ0) is 18.5. The molecule has 3 aromatic rings. The molecule has 0 saturated heterocycles. The van der Waals surface area contributed by atoms with Crippen LogP contribution >= 0.6 is 0 Å². The summed E-state index contributed by atoms with van der Waals surface area (Å²) in [6, 6.07) is 11.4. The largest absolute Gasteiger partial charge is 0.332 e. The molecular weight excluding hydrogens is 328 g/mol. The lowest BCUT2D eigenvalue weighted by atomic mass is 10.1. The highest BCUT2D eigenvalue weighted by Gasteiger charge is 2.21. The maximum Gasteiger partial charge on any atom is 0.254 e. The quantitative estimate of drug-likeness (QED) is 0.683. The molecule has 0 aliphatic heterocycles. The van der Waals surface area contributed by atoms with Gasteiger partial charge in [0.05, 0.1) is 5.69 Å². The summed E-state index contributed by atoms with van der Waals surface area (Å²) in [7, 11) is 0. The van der Waals surface area contributed by atoms with Crippen molar-refractivity contribution >= 4 is 5.91 Å². The molecule has 2 heterocycles. The predicted octanol–water partition coefficient (Wildman–Crippen LogP) is 2.81. The SMILES string of the molecule is CC[C@@H](C)N(Cc1cccnc1)C(=O)c1cccc(-n2nnnc2C)c1. The van der Waals surface area contributed by atoms with Gasteiger partial charge in [-0.2, -0.15) is 4.68 Å². The summed E-state index contributed by atoms with van der Waals surface area (Å²) >= 11 is 0. The predicted molar refractivity (Wildman–Crippen MR) is 97.8 cm³/mol. The zero-order valence-corrected chi connectivity index (χ0v) is 15.2. The highest BCUT2D eigenvalue weighted by Crippen LogP contribution is 2.17. The summed E-state index contributed by atoms with van der Waals surface area (Å²) < 4.78 is 1.62. The second-order valence-corrected chi connectivity index (χ2v) is 6.24. The standard InChI is InChI=1S/C19H22N6O/c1-4-14(2)24(13-16-7-6-10-20-12-16)19(26)17-8-5-9-18(11-17)25-15(3)21-22-23-25/h5-12,14H,4,13H2,1-3H3/t14-/m1/s1. The third-order valence-electron chi connectivity index (χ3n) is 4.42. The van der Waals surface area contributed by atoms with Crippen LogP contribution in [0.25, 0.3) is 5.69 Å². The van der Waals surface area contributed by atoms with E-state index in [0.29, 0.717) is 17.9 Å². The van der Waals surface area contributed by atoms with Crippen molar-refractivity contribution in [3.8, 4) is 5.69 Å². The van der Waals surface area contributed by atoms with E-state index in [4.69, 9.17) is 0 Å². The monoisotopic (exact) mass is 350 g/mol. The van der Waals surface area contributed by atoms with Crippen molar-refractivity contribution in [1.29, 1.82) is 0 Å². The Morgan fingerprint density at radius 2 is 2.12 bits per heavy atom. The minimum absolute atomic E-state index is 0.0178. The van der Waals surface area contributed by atoms with Crippen molar-refractivity contribution in [2.24, 2.45) is 0 Å². The highest BCUT2D eigenvalue weighted by atomic mass is 16.2. The minimum atomic E-state index is -0.0178. The van der Waals surface area contributed by atoms with Gasteiger partial charge in [-0.15, -0.1) is 5.10 Å². The molecule has 0 radical (unpaired) electrons. The Kier molecular flexibility index (Phi) is 5.36. The minimum Gasteiger partial charge on any atom is -0.332 e. The van der Waals surface area contributed by atoms with Gasteiger partial charge in [-0.3, -0.25) is 9.78 Å². The van der Waals surface area contributed by atoms with Gasteiger partial charge in [0, 0.05) is 30.5 Å². The Balaban J connectivity index is 1.90. The van der Waals surface area contributed by atoms with E-state index in [1.54, 1.807) is 17.1 Å². The van der Waals surface area contributed by atoms with Gasteiger partial charge in [0.1, 0.15) is 0 Å². The number of aromatic nitrogens is 5. The van der Waals surface area contributed by atoms with Crippen LogP contribution in [-0.4, -0.2) is 42.0 Å². The van der Waals surface area contributed by atoms with Crippen LogP contribution in [0.4, 0.5) is 0 Å². The molecule has 7 nitrogen and oxygen atoms in total. The fourth-order valence-electron chi connectivity index (χ4n) is 2.74. The van der Waals surface area contributed by atoms with Crippen LogP contribution in [-0.2, 0) is 6.54 Å². The van der Waals surface area contributed by atoms with Crippen LogP contribution in [0.2, 0.25) is 0 Å². The van der Waals surface area contributed by atoms with Gasteiger partial charge in [0.25, 0.3) is 5.91 Å². The van der Waals surface area contributed by atoms with E-state index in [1.165, 1.54) is 0 Å². The first-order chi connectivity index (χ1) is 12.6. The van der Waals surface area contributed by atoms with Gasteiger partial charge in [-0.05, 0) is 60.5 Å². The van der Waals surface area contributed by atoms with E-state index in [2.05, 4.69) is 34.4 Å². The van der Waals surface area contributed by atoms with Crippen LogP contribution in [0.1, 0.15) is 42.0 Å². The molecule has 1 aromatic carbocycles. The number of amides is 1. The van der Waals surface area contributed by atoms with Crippen molar-refractivity contribution in [2.75, 3.05) is 0 Å². The summed E-state index contributed by atoms with van der Waals surface area (Å²) in [5.74, 6) is 0.652. The lowest BCUT2D eigenvalue weighted by Crippen LogP contribution is -2.37. The second-order valence-electron chi connectivity index (χ2n) is 6.24. The Labute approximate surface area is 152 Å². The van der Waals surface area contributed by atoms with E-state index in [9.17, 15) is 4.79 Å². The average molecular weight is 350 g/mol. The van der Waals surface area contributed by atoms with E-state index in [1.807, 2.05) is 48.2 Å². The van der Waals surface area contributed by atoms with E-state index < -0.39 is 0 Å². The molecule has 0 bridgehead atoms. The van der Waals surface area contributed by atoms with Crippen LogP contribution in [0.15, 0.2) is 48.8 Å². The van der Waals surface area contributed by atoms with Gasteiger partial charge in [-0.1, -0.05) is 19.1 Å². The third-order valence-corrected chi connectivity index (χ3v) is 4.42. The van der Waals surface area contributed by atoms with Crippen molar-refractivity contribution in [2.45, 2.75) is 39.8 Å². The number of carbonyl (C=O) groups excluding carboxylic acids is 1. The first-order valence-corrected chi connectivity index (χ1v) is 8.65. The van der Waals surface area contributed by atoms with Gasteiger partial charge < -0.3 is 4.90 Å². The van der Waals surface area contributed by atoms with Crippen LogP contribution in [0, 0.1) is 6.92 Å². The maximum absolute atomic E-state index is 13.2. The molecular formula is C19H22N6O. The first kappa shape index (κ1) is 17.7. The number of hydrogen-bond donors (Lipinski definition) is 0. The molecule has 0 spiro atoms. The molecule has 2 aromatic heterocycles. The summed E-state index contributed by atoms with van der Waals surface area (Å²) in [6.45, 7) is 6.48. The molecule has 0 unspecified atom stereocenters. The number of nitrogens with zero attached hydrogens (tertiary/aromatic N) is 6. The second kappa shape index (κ2) is 7.86. The number of pyridine rings is 1. The molecule has 134 valence electrons. The topological polar surface area (TPSA) is 76.8 Å². The number of rotatable bonds is 6. The Hall–Kier alpha value is -3.09. The molecule has 26 heavy (non-hydrogen) atoms. The third kappa shape index (κ3) is 3.77.